The fraction of sp³-hybridized carbons (Fsp3) is 0.611. The summed E-state index contributed by atoms with van der Waals surface area (Å²) in [6.07, 6.45) is 2.43. The van der Waals surface area contributed by atoms with Crippen LogP contribution in [0, 0.1) is 13.8 Å². The Bertz CT molecular complexity index is 809. The van der Waals surface area contributed by atoms with Gasteiger partial charge in [-0.1, -0.05) is 0 Å². The zero-order chi connectivity index (χ0) is 19.1. The summed E-state index contributed by atoms with van der Waals surface area (Å²) >= 11 is 0. The highest BCUT2D eigenvalue weighted by molar-refractivity contribution is 7.89. The summed E-state index contributed by atoms with van der Waals surface area (Å²) < 4.78 is 23.3. The van der Waals surface area contributed by atoms with Crippen LogP contribution in [0.5, 0.6) is 0 Å². The number of carbonyl (C=O) groups is 1. The highest BCUT2D eigenvalue weighted by atomic mass is 32.2. The minimum Gasteiger partial charge on any atom is -0.325 e. The van der Waals surface area contributed by atoms with Crippen molar-refractivity contribution in [1.82, 2.24) is 9.80 Å². The lowest BCUT2D eigenvalue weighted by atomic mass is 10.1. The predicted molar refractivity (Wildman–Crippen MR) is 102 cm³/mol. The second kappa shape index (κ2) is 7.26. The molecule has 3 N–H and O–H groups in total. The number of piperazine rings is 1. The fourth-order valence-electron chi connectivity index (χ4n) is 3.96. The number of nitrogens with zero attached hydrogens (tertiary/aromatic N) is 2. The number of nitrogens with two attached hydrogens (primary N) is 1. The molecule has 3 rings (SSSR count). The minimum atomic E-state index is -3.81. The standard InChI is InChI=1S/C18H28N4O3S/c1-12-7-16(26(19,24)25)8-17(14(12)3)20-18(23)11-22-10-15-5-4-6-21(15)9-13(22)2/h7-8,13,15H,4-6,9-11H2,1-3H3,(H,20,23)(H2,19,24,25)/t13-,15-/m1/s1. The molecule has 0 bridgehead atoms. The number of amides is 1. The number of aryl methyl sites for hydroxylation is 1. The molecule has 2 atom stereocenters. The second-order valence-electron chi connectivity index (χ2n) is 7.58. The number of anilines is 1. The van der Waals surface area contributed by atoms with E-state index < -0.39 is 10.0 Å². The normalized spacial score (nSPS) is 24.5. The van der Waals surface area contributed by atoms with Gasteiger partial charge in [-0.25, -0.2) is 13.6 Å². The number of fused-ring (bicyclic) bond motifs is 1. The molecule has 1 aromatic carbocycles. The molecule has 0 unspecified atom stereocenters. The Morgan fingerprint density at radius 2 is 2.04 bits per heavy atom. The smallest absolute Gasteiger partial charge is 0.238 e. The highest BCUT2D eigenvalue weighted by Crippen LogP contribution is 2.26. The topological polar surface area (TPSA) is 95.7 Å². The molecule has 2 saturated heterocycles. The predicted octanol–water partition coefficient (Wildman–Crippen LogP) is 1.06. The van der Waals surface area contributed by atoms with Gasteiger partial charge in [0.1, 0.15) is 0 Å². The van der Waals surface area contributed by atoms with Gasteiger partial charge in [0.2, 0.25) is 15.9 Å². The van der Waals surface area contributed by atoms with E-state index in [0.717, 1.165) is 30.8 Å². The number of primary sulfonamides is 1. The van der Waals surface area contributed by atoms with Crippen LogP contribution < -0.4 is 10.5 Å². The van der Waals surface area contributed by atoms with Crippen molar-refractivity contribution in [3.63, 3.8) is 0 Å². The van der Waals surface area contributed by atoms with Crippen LogP contribution in [0.4, 0.5) is 5.69 Å². The lowest BCUT2D eigenvalue weighted by Crippen LogP contribution is -2.56. The van der Waals surface area contributed by atoms with Crippen LogP contribution >= 0.6 is 0 Å². The van der Waals surface area contributed by atoms with Crippen molar-refractivity contribution >= 4 is 21.6 Å². The molecule has 2 aliphatic heterocycles. The summed E-state index contributed by atoms with van der Waals surface area (Å²) in [4.78, 5) is 17.3. The van der Waals surface area contributed by atoms with Gasteiger partial charge in [-0.2, -0.15) is 0 Å². The van der Waals surface area contributed by atoms with E-state index in [1.54, 1.807) is 6.92 Å². The van der Waals surface area contributed by atoms with Gasteiger partial charge >= 0.3 is 0 Å². The van der Waals surface area contributed by atoms with Gasteiger partial charge < -0.3 is 5.32 Å². The summed E-state index contributed by atoms with van der Waals surface area (Å²) in [6.45, 7) is 9.19. The van der Waals surface area contributed by atoms with Crippen molar-refractivity contribution in [1.29, 1.82) is 0 Å². The Kier molecular flexibility index (Phi) is 5.39. The largest absolute Gasteiger partial charge is 0.325 e. The first-order valence-electron chi connectivity index (χ1n) is 9.07. The molecule has 7 nitrogen and oxygen atoms in total. The monoisotopic (exact) mass is 380 g/mol. The fourth-order valence-corrected chi connectivity index (χ4v) is 4.59. The number of hydrogen-bond donors (Lipinski definition) is 2. The minimum absolute atomic E-state index is 0.0174. The van der Waals surface area contributed by atoms with Gasteiger partial charge in [0.25, 0.3) is 0 Å². The number of sulfonamides is 1. The van der Waals surface area contributed by atoms with Crippen molar-refractivity contribution in [2.45, 2.75) is 50.6 Å². The Balaban J connectivity index is 1.71. The van der Waals surface area contributed by atoms with Gasteiger partial charge in [-0.15, -0.1) is 0 Å². The van der Waals surface area contributed by atoms with Gasteiger partial charge in [0.15, 0.2) is 0 Å². The third-order valence-corrected chi connectivity index (χ3v) is 6.55. The number of rotatable bonds is 4. The second-order valence-corrected chi connectivity index (χ2v) is 9.14. The molecule has 2 fully saturated rings. The molecule has 2 heterocycles. The number of carbonyl (C=O) groups excluding carboxylic acids is 1. The maximum Gasteiger partial charge on any atom is 0.238 e. The van der Waals surface area contributed by atoms with Gasteiger partial charge in [-0.05, 0) is 63.4 Å². The van der Waals surface area contributed by atoms with E-state index in [1.165, 1.54) is 25.0 Å². The lowest BCUT2D eigenvalue weighted by Gasteiger charge is -2.41. The van der Waals surface area contributed by atoms with E-state index in [9.17, 15) is 13.2 Å². The van der Waals surface area contributed by atoms with E-state index >= 15 is 0 Å². The molecule has 0 saturated carbocycles. The first-order valence-corrected chi connectivity index (χ1v) is 10.6. The maximum absolute atomic E-state index is 12.6. The molecule has 26 heavy (non-hydrogen) atoms. The van der Waals surface area contributed by atoms with Crippen molar-refractivity contribution in [3.05, 3.63) is 23.3 Å². The Morgan fingerprint density at radius 3 is 2.73 bits per heavy atom. The molecular weight excluding hydrogens is 352 g/mol. The van der Waals surface area contributed by atoms with Crippen molar-refractivity contribution in [3.8, 4) is 0 Å². The first kappa shape index (κ1) is 19.3. The third-order valence-electron chi connectivity index (χ3n) is 5.66. The van der Waals surface area contributed by atoms with E-state index in [0.29, 0.717) is 24.3 Å². The highest BCUT2D eigenvalue weighted by Gasteiger charge is 2.34. The number of nitrogens with one attached hydrogen (secondary N) is 1. The lowest BCUT2D eigenvalue weighted by molar-refractivity contribution is -0.118. The molecule has 0 radical (unpaired) electrons. The molecule has 0 aliphatic carbocycles. The molecule has 1 aromatic rings. The van der Waals surface area contributed by atoms with Crippen LogP contribution in [0.1, 0.15) is 30.9 Å². The maximum atomic E-state index is 12.6. The SMILES string of the molecule is Cc1cc(S(N)(=O)=O)cc(NC(=O)CN2C[C@H]3CCCN3C[C@H]2C)c1C. The average molecular weight is 381 g/mol. The molecule has 144 valence electrons. The summed E-state index contributed by atoms with van der Waals surface area (Å²) in [5.41, 5.74) is 2.13. The van der Waals surface area contributed by atoms with Crippen LogP contribution in [-0.2, 0) is 14.8 Å². The van der Waals surface area contributed by atoms with Gasteiger partial charge in [0.05, 0.1) is 11.4 Å². The van der Waals surface area contributed by atoms with Crippen LogP contribution in [0.25, 0.3) is 0 Å². The van der Waals surface area contributed by atoms with Crippen LogP contribution in [0.2, 0.25) is 0 Å². The summed E-state index contributed by atoms with van der Waals surface area (Å²) in [5, 5.41) is 8.12. The zero-order valence-corrected chi connectivity index (χ0v) is 16.5. The Labute approximate surface area is 155 Å². The van der Waals surface area contributed by atoms with E-state index in [4.69, 9.17) is 5.14 Å². The Morgan fingerprint density at radius 1 is 1.31 bits per heavy atom. The number of hydrogen-bond acceptors (Lipinski definition) is 5. The van der Waals surface area contributed by atoms with Gasteiger partial charge in [0, 0.05) is 30.9 Å². The zero-order valence-electron chi connectivity index (χ0n) is 15.7. The first-order chi connectivity index (χ1) is 12.1. The molecule has 0 spiro atoms. The Hall–Kier alpha value is -1.48. The van der Waals surface area contributed by atoms with E-state index in [2.05, 4.69) is 22.0 Å². The van der Waals surface area contributed by atoms with E-state index in [1.807, 2.05) is 6.92 Å². The van der Waals surface area contributed by atoms with E-state index in [-0.39, 0.29) is 10.8 Å². The summed E-state index contributed by atoms with van der Waals surface area (Å²) in [7, 11) is -3.81. The molecule has 8 heteroatoms. The van der Waals surface area contributed by atoms with Gasteiger partial charge in [-0.3, -0.25) is 14.6 Å². The average Bonchev–Trinajstić information content (AvgIpc) is 2.98. The molecule has 1 amide bonds. The quantitative estimate of drug-likeness (QED) is 0.814. The van der Waals surface area contributed by atoms with Crippen LogP contribution in [-0.4, -0.2) is 62.4 Å². The van der Waals surface area contributed by atoms with Crippen molar-refractivity contribution in [2.24, 2.45) is 5.14 Å². The molecular formula is C18H28N4O3S. The summed E-state index contributed by atoms with van der Waals surface area (Å²) in [5.74, 6) is -0.127. The third kappa shape index (κ3) is 4.09. The number of benzene rings is 1. The summed E-state index contributed by atoms with van der Waals surface area (Å²) in [6, 6.07) is 3.85. The van der Waals surface area contributed by atoms with Crippen molar-refractivity contribution < 1.29 is 13.2 Å². The van der Waals surface area contributed by atoms with Crippen molar-refractivity contribution in [2.75, 3.05) is 31.5 Å². The van der Waals surface area contributed by atoms with Crippen LogP contribution in [0.15, 0.2) is 17.0 Å². The van der Waals surface area contributed by atoms with Crippen LogP contribution in [0.3, 0.4) is 0 Å². The molecule has 2 aliphatic rings. The molecule has 0 aromatic heterocycles.